The summed E-state index contributed by atoms with van der Waals surface area (Å²) in [6.07, 6.45) is -0.0965. The molecule has 1 saturated heterocycles. The van der Waals surface area contributed by atoms with Gasteiger partial charge in [0.05, 0.1) is 31.3 Å². The van der Waals surface area contributed by atoms with E-state index in [1.165, 1.54) is 0 Å². The van der Waals surface area contributed by atoms with E-state index in [0.717, 1.165) is 4.47 Å². The fourth-order valence-corrected chi connectivity index (χ4v) is 2.54. The Balaban J connectivity index is 2.19. The monoisotopic (exact) mass is 347 g/mol. The van der Waals surface area contributed by atoms with Gasteiger partial charge in [0.2, 0.25) is 0 Å². The van der Waals surface area contributed by atoms with Crippen LogP contribution < -0.4 is 4.74 Å². The van der Waals surface area contributed by atoms with Gasteiger partial charge in [-0.25, -0.2) is 0 Å². The van der Waals surface area contributed by atoms with Gasteiger partial charge < -0.3 is 14.4 Å². The maximum atomic E-state index is 12.5. The molecular formula is C13H15BrClNO3. The smallest absolute Gasteiger partial charge is 0.257 e. The van der Waals surface area contributed by atoms with Crippen LogP contribution in [0, 0.1) is 0 Å². The van der Waals surface area contributed by atoms with Gasteiger partial charge in [0.1, 0.15) is 5.75 Å². The lowest BCUT2D eigenvalue weighted by Gasteiger charge is -2.32. The van der Waals surface area contributed by atoms with Crippen molar-refractivity contribution in [2.24, 2.45) is 0 Å². The Morgan fingerprint density at radius 2 is 2.42 bits per heavy atom. The minimum absolute atomic E-state index is 0.0530. The average Bonchev–Trinajstić information content (AvgIpc) is 2.46. The Morgan fingerprint density at radius 3 is 3.11 bits per heavy atom. The van der Waals surface area contributed by atoms with Gasteiger partial charge >= 0.3 is 0 Å². The topological polar surface area (TPSA) is 38.8 Å². The largest absolute Gasteiger partial charge is 0.496 e. The van der Waals surface area contributed by atoms with Crippen LogP contribution in [0.4, 0.5) is 0 Å². The standard InChI is InChI=1S/C13H15BrClNO3/c1-18-12-6-9(14)2-3-11(12)13(17)16-4-5-19-10(7-15)8-16/h2-3,6,10H,4-5,7-8H2,1H3. The summed E-state index contributed by atoms with van der Waals surface area (Å²) in [6, 6.07) is 5.37. The van der Waals surface area contributed by atoms with Gasteiger partial charge in [-0.2, -0.15) is 0 Å². The van der Waals surface area contributed by atoms with Crippen molar-refractivity contribution in [1.29, 1.82) is 0 Å². The van der Waals surface area contributed by atoms with Crippen molar-refractivity contribution in [3.8, 4) is 5.75 Å². The molecular weight excluding hydrogens is 334 g/mol. The number of amides is 1. The number of hydrogen-bond donors (Lipinski definition) is 0. The predicted molar refractivity (Wildman–Crippen MR) is 77.1 cm³/mol. The predicted octanol–water partition coefficient (Wildman–Crippen LogP) is 2.54. The van der Waals surface area contributed by atoms with E-state index < -0.39 is 0 Å². The van der Waals surface area contributed by atoms with Crippen LogP contribution in [0.2, 0.25) is 0 Å². The lowest BCUT2D eigenvalue weighted by atomic mass is 10.1. The first-order valence-corrected chi connectivity index (χ1v) is 7.29. The number of ether oxygens (including phenoxy) is 2. The number of nitrogens with zero attached hydrogens (tertiary/aromatic N) is 1. The zero-order valence-corrected chi connectivity index (χ0v) is 12.9. The highest BCUT2D eigenvalue weighted by Crippen LogP contribution is 2.25. The second kappa shape index (κ2) is 6.59. The molecule has 19 heavy (non-hydrogen) atoms. The zero-order chi connectivity index (χ0) is 13.8. The molecule has 1 heterocycles. The normalized spacial score (nSPS) is 19.3. The number of hydrogen-bond acceptors (Lipinski definition) is 3. The van der Waals surface area contributed by atoms with Crippen molar-refractivity contribution in [3.05, 3.63) is 28.2 Å². The molecule has 0 spiro atoms. The first kappa shape index (κ1) is 14.6. The molecule has 1 unspecified atom stereocenters. The quantitative estimate of drug-likeness (QED) is 0.788. The van der Waals surface area contributed by atoms with E-state index in [2.05, 4.69) is 15.9 Å². The first-order chi connectivity index (χ1) is 9.15. The molecule has 0 radical (unpaired) electrons. The molecule has 0 bridgehead atoms. The van der Waals surface area contributed by atoms with Gasteiger partial charge in [-0.1, -0.05) is 15.9 Å². The Labute approximate surface area is 125 Å². The molecule has 1 aliphatic rings. The molecule has 0 saturated carbocycles. The minimum Gasteiger partial charge on any atom is -0.496 e. The molecule has 4 nitrogen and oxygen atoms in total. The Morgan fingerprint density at radius 1 is 1.63 bits per heavy atom. The van der Waals surface area contributed by atoms with Crippen LogP contribution in [0.1, 0.15) is 10.4 Å². The molecule has 0 aliphatic carbocycles. The molecule has 1 aromatic rings. The number of carbonyl (C=O) groups is 1. The third kappa shape index (κ3) is 3.41. The molecule has 1 aromatic carbocycles. The van der Waals surface area contributed by atoms with Crippen LogP contribution in [0.5, 0.6) is 5.75 Å². The second-order valence-electron chi connectivity index (χ2n) is 4.24. The van der Waals surface area contributed by atoms with E-state index >= 15 is 0 Å². The van der Waals surface area contributed by atoms with E-state index in [0.29, 0.717) is 36.9 Å². The molecule has 6 heteroatoms. The van der Waals surface area contributed by atoms with Crippen LogP contribution in [0.3, 0.4) is 0 Å². The maximum absolute atomic E-state index is 12.5. The van der Waals surface area contributed by atoms with Crippen molar-refractivity contribution in [1.82, 2.24) is 4.90 Å². The lowest BCUT2D eigenvalue weighted by Crippen LogP contribution is -2.46. The highest BCUT2D eigenvalue weighted by molar-refractivity contribution is 9.10. The van der Waals surface area contributed by atoms with E-state index in [1.54, 1.807) is 24.1 Å². The van der Waals surface area contributed by atoms with Gasteiger partial charge in [0.15, 0.2) is 0 Å². The summed E-state index contributed by atoms with van der Waals surface area (Å²) in [5.74, 6) is 0.900. The third-order valence-corrected chi connectivity index (χ3v) is 3.83. The van der Waals surface area contributed by atoms with Gasteiger partial charge in [0.25, 0.3) is 5.91 Å². The molecule has 1 fully saturated rings. The maximum Gasteiger partial charge on any atom is 0.257 e. The summed E-state index contributed by atoms with van der Waals surface area (Å²) in [6.45, 7) is 1.61. The summed E-state index contributed by atoms with van der Waals surface area (Å²) < 4.78 is 11.6. The Kier molecular flexibility index (Phi) is 5.07. The number of alkyl halides is 1. The highest BCUT2D eigenvalue weighted by Gasteiger charge is 2.26. The van der Waals surface area contributed by atoms with E-state index in [9.17, 15) is 4.79 Å². The lowest BCUT2D eigenvalue weighted by molar-refractivity contribution is -0.0109. The fourth-order valence-electron chi connectivity index (χ4n) is 2.01. The van der Waals surface area contributed by atoms with Crippen molar-refractivity contribution in [2.45, 2.75) is 6.10 Å². The Hall–Kier alpha value is -0.780. The van der Waals surface area contributed by atoms with Crippen molar-refractivity contribution in [3.63, 3.8) is 0 Å². The molecule has 1 aliphatic heterocycles. The number of morpholine rings is 1. The number of methoxy groups -OCH3 is 1. The van der Waals surface area contributed by atoms with Crippen LogP contribution in [0.25, 0.3) is 0 Å². The number of benzene rings is 1. The number of carbonyl (C=O) groups excluding carboxylic acids is 1. The number of halogens is 2. The van der Waals surface area contributed by atoms with Crippen molar-refractivity contribution < 1.29 is 14.3 Å². The van der Waals surface area contributed by atoms with Crippen LogP contribution >= 0.6 is 27.5 Å². The van der Waals surface area contributed by atoms with E-state index in [-0.39, 0.29) is 12.0 Å². The molecule has 0 N–H and O–H groups in total. The van der Waals surface area contributed by atoms with Gasteiger partial charge in [-0.15, -0.1) is 11.6 Å². The Bertz CT molecular complexity index is 469. The van der Waals surface area contributed by atoms with Crippen LogP contribution in [-0.4, -0.2) is 49.6 Å². The summed E-state index contributed by atoms with van der Waals surface area (Å²) in [5.41, 5.74) is 0.556. The van der Waals surface area contributed by atoms with Crippen LogP contribution in [0.15, 0.2) is 22.7 Å². The molecule has 0 aromatic heterocycles. The van der Waals surface area contributed by atoms with Crippen LogP contribution in [-0.2, 0) is 4.74 Å². The molecule has 1 amide bonds. The van der Waals surface area contributed by atoms with E-state index in [4.69, 9.17) is 21.1 Å². The van der Waals surface area contributed by atoms with Crippen molar-refractivity contribution >= 4 is 33.4 Å². The molecule has 104 valence electrons. The fraction of sp³-hybridized carbons (Fsp3) is 0.462. The molecule has 2 rings (SSSR count). The SMILES string of the molecule is COc1cc(Br)ccc1C(=O)N1CCOC(CCl)C1. The summed E-state index contributed by atoms with van der Waals surface area (Å²) in [4.78, 5) is 14.2. The average molecular weight is 349 g/mol. The third-order valence-electron chi connectivity index (χ3n) is 2.99. The van der Waals surface area contributed by atoms with Crippen molar-refractivity contribution in [2.75, 3.05) is 32.7 Å². The highest BCUT2D eigenvalue weighted by atomic mass is 79.9. The van der Waals surface area contributed by atoms with Gasteiger partial charge in [-0.3, -0.25) is 4.79 Å². The zero-order valence-electron chi connectivity index (χ0n) is 10.6. The van der Waals surface area contributed by atoms with Gasteiger partial charge in [0, 0.05) is 17.6 Å². The second-order valence-corrected chi connectivity index (χ2v) is 5.47. The summed E-state index contributed by atoms with van der Waals surface area (Å²) in [5, 5.41) is 0. The van der Waals surface area contributed by atoms with Gasteiger partial charge in [-0.05, 0) is 18.2 Å². The molecule has 1 atom stereocenters. The minimum atomic E-state index is -0.0965. The first-order valence-electron chi connectivity index (χ1n) is 5.96. The summed E-state index contributed by atoms with van der Waals surface area (Å²) >= 11 is 9.14. The van der Waals surface area contributed by atoms with E-state index in [1.807, 2.05) is 6.07 Å². The summed E-state index contributed by atoms with van der Waals surface area (Å²) in [7, 11) is 1.55. The number of rotatable bonds is 3.